The van der Waals surface area contributed by atoms with Gasteiger partial charge in [0, 0.05) is 19.4 Å². The SMILES string of the molecule is CCCC/C=C/C/C=C/CCCCCCCC(=O)OC[C@H](COP(=O)(O)OCCN)OC(=O)CCCCCCCCCCC/C=C/CCCCCCCC. The Labute approximate surface area is 331 Å². The van der Waals surface area contributed by atoms with Gasteiger partial charge >= 0.3 is 19.8 Å². The van der Waals surface area contributed by atoms with Crippen LogP contribution in [-0.2, 0) is 32.7 Å². The molecule has 0 aromatic rings. The van der Waals surface area contributed by atoms with Gasteiger partial charge in [-0.3, -0.25) is 18.6 Å². The van der Waals surface area contributed by atoms with E-state index in [1.54, 1.807) is 0 Å². The number of ether oxygens (including phenoxy) is 2. The van der Waals surface area contributed by atoms with Crippen LogP contribution in [0.25, 0.3) is 0 Å². The number of esters is 2. The summed E-state index contributed by atoms with van der Waals surface area (Å²) in [6, 6.07) is 0. The summed E-state index contributed by atoms with van der Waals surface area (Å²) in [4.78, 5) is 34.9. The molecule has 0 heterocycles. The van der Waals surface area contributed by atoms with Gasteiger partial charge in [-0.15, -0.1) is 0 Å². The van der Waals surface area contributed by atoms with E-state index in [1.165, 1.54) is 96.3 Å². The van der Waals surface area contributed by atoms with Crippen molar-refractivity contribution in [3.8, 4) is 0 Å². The van der Waals surface area contributed by atoms with Crippen molar-refractivity contribution in [1.82, 2.24) is 0 Å². The molecule has 0 radical (unpaired) electrons. The van der Waals surface area contributed by atoms with Crippen LogP contribution in [0.3, 0.4) is 0 Å². The smallest absolute Gasteiger partial charge is 0.462 e. The highest BCUT2D eigenvalue weighted by Crippen LogP contribution is 2.43. The molecule has 0 saturated heterocycles. The Bertz CT molecular complexity index is 986. The van der Waals surface area contributed by atoms with E-state index in [1.807, 2.05) is 0 Å². The first-order chi connectivity index (χ1) is 26.3. The number of rotatable bonds is 41. The molecule has 3 N–H and O–H groups in total. The van der Waals surface area contributed by atoms with Crippen LogP contribution < -0.4 is 5.73 Å². The van der Waals surface area contributed by atoms with Gasteiger partial charge in [-0.1, -0.05) is 159 Å². The zero-order chi connectivity index (χ0) is 39.6. The molecule has 316 valence electrons. The van der Waals surface area contributed by atoms with Crippen LogP contribution >= 0.6 is 7.82 Å². The molecule has 2 atom stereocenters. The largest absolute Gasteiger partial charge is 0.472 e. The van der Waals surface area contributed by atoms with Crippen molar-refractivity contribution in [2.75, 3.05) is 26.4 Å². The Balaban J connectivity index is 4.14. The number of phosphoric acid groups is 1. The summed E-state index contributed by atoms with van der Waals surface area (Å²) >= 11 is 0. The van der Waals surface area contributed by atoms with Gasteiger partial charge in [0.25, 0.3) is 0 Å². The molecular formula is C44H82NO8P. The fourth-order valence-electron chi connectivity index (χ4n) is 5.94. The van der Waals surface area contributed by atoms with E-state index in [2.05, 4.69) is 50.3 Å². The third-order valence-corrected chi connectivity index (χ3v) is 10.2. The lowest BCUT2D eigenvalue weighted by Crippen LogP contribution is -2.29. The molecule has 0 fully saturated rings. The second-order valence-electron chi connectivity index (χ2n) is 14.6. The van der Waals surface area contributed by atoms with E-state index >= 15 is 0 Å². The monoisotopic (exact) mass is 784 g/mol. The minimum absolute atomic E-state index is 0.0509. The number of carbonyl (C=O) groups is 2. The molecule has 0 bridgehead atoms. The highest BCUT2D eigenvalue weighted by atomic mass is 31.2. The van der Waals surface area contributed by atoms with E-state index in [9.17, 15) is 19.0 Å². The highest BCUT2D eigenvalue weighted by molar-refractivity contribution is 7.47. The van der Waals surface area contributed by atoms with Crippen LogP contribution in [0.1, 0.15) is 200 Å². The van der Waals surface area contributed by atoms with Crippen molar-refractivity contribution in [3.05, 3.63) is 36.5 Å². The van der Waals surface area contributed by atoms with Gasteiger partial charge in [-0.2, -0.15) is 0 Å². The number of hydrogen-bond acceptors (Lipinski definition) is 8. The van der Waals surface area contributed by atoms with Crippen LogP contribution in [0.5, 0.6) is 0 Å². The van der Waals surface area contributed by atoms with E-state index < -0.39 is 32.5 Å². The maximum absolute atomic E-state index is 12.6. The molecule has 0 amide bonds. The lowest BCUT2D eigenvalue weighted by Gasteiger charge is -2.19. The highest BCUT2D eigenvalue weighted by Gasteiger charge is 2.26. The number of hydrogen-bond donors (Lipinski definition) is 2. The van der Waals surface area contributed by atoms with Gasteiger partial charge in [0.15, 0.2) is 6.10 Å². The minimum atomic E-state index is -4.38. The van der Waals surface area contributed by atoms with E-state index in [0.717, 1.165) is 64.2 Å². The quantitative estimate of drug-likeness (QED) is 0.0269. The van der Waals surface area contributed by atoms with Crippen molar-refractivity contribution in [1.29, 1.82) is 0 Å². The van der Waals surface area contributed by atoms with Gasteiger partial charge in [0.1, 0.15) is 6.61 Å². The average molecular weight is 784 g/mol. The van der Waals surface area contributed by atoms with Gasteiger partial charge in [-0.25, -0.2) is 4.57 Å². The first kappa shape index (κ1) is 52.2. The second kappa shape index (κ2) is 40.9. The van der Waals surface area contributed by atoms with Crippen LogP contribution in [0.15, 0.2) is 36.5 Å². The van der Waals surface area contributed by atoms with Gasteiger partial charge in [0.05, 0.1) is 13.2 Å². The molecule has 0 saturated carbocycles. The van der Waals surface area contributed by atoms with Gasteiger partial charge in [-0.05, 0) is 64.2 Å². The molecule has 0 aliphatic heterocycles. The summed E-state index contributed by atoms with van der Waals surface area (Å²) < 4.78 is 32.8. The molecule has 0 spiro atoms. The van der Waals surface area contributed by atoms with Crippen molar-refractivity contribution in [3.63, 3.8) is 0 Å². The summed E-state index contributed by atoms with van der Waals surface area (Å²) in [5.41, 5.74) is 5.35. The molecule has 54 heavy (non-hydrogen) atoms. The van der Waals surface area contributed by atoms with Crippen molar-refractivity contribution < 1.29 is 37.6 Å². The van der Waals surface area contributed by atoms with Crippen molar-refractivity contribution in [2.45, 2.75) is 206 Å². The molecule has 0 rings (SSSR count). The maximum Gasteiger partial charge on any atom is 0.472 e. The van der Waals surface area contributed by atoms with E-state index in [0.29, 0.717) is 12.8 Å². The van der Waals surface area contributed by atoms with E-state index in [4.69, 9.17) is 24.3 Å². The minimum Gasteiger partial charge on any atom is -0.462 e. The first-order valence-electron chi connectivity index (χ1n) is 22.0. The molecule has 10 heteroatoms. The number of nitrogens with two attached hydrogens (primary N) is 1. The number of phosphoric ester groups is 1. The molecule has 1 unspecified atom stereocenters. The van der Waals surface area contributed by atoms with Crippen molar-refractivity contribution in [2.24, 2.45) is 5.73 Å². The Morgan fingerprint density at radius 2 is 0.981 bits per heavy atom. The lowest BCUT2D eigenvalue weighted by molar-refractivity contribution is -0.161. The maximum atomic E-state index is 12.6. The number of unbranched alkanes of at least 4 members (excludes halogenated alkanes) is 22. The van der Waals surface area contributed by atoms with Crippen LogP contribution in [0, 0.1) is 0 Å². The summed E-state index contributed by atoms with van der Waals surface area (Å²) in [5, 5.41) is 0. The van der Waals surface area contributed by atoms with Crippen LogP contribution in [-0.4, -0.2) is 49.3 Å². The number of allylic oxidation sites excluding steroid dienone is 6. The fraction of sp³-hybridized carbons (Fsp3) is 0.818. The summed E-state index contributed by atoms with van der Waals surface area (Å²) in [7, 11) is -4.38. The summed E-state index contributed by atoms with van der Waals surface area (Å²) in [6.45, 7) is 3.68. The van der Waals surface area contributed by atoms with E-state index in [-0.39, 0.29) is 32.6 Å². The average Bonchev–Trinajstić information content (AvgIpc) is 3.16. The summed E-state index contributed by atoms with van der Waals surface area (Å²) in [6.07, 6.45) is 44.6. The van der Waals surface area contributed by atoms with Gasteiger partial charge in [0.2, 0.25) is 0 Å². The third-order valence-electron chi connectivity index (χ3n) is 9.25. The molecule has 9 nitrogen and oxygen atoms in total. The van der Waals surface area contributed by atoms with Crippen molar-refractivity contribution >= 4 is 19.8 Å². The number of carbonyl (C=O) groups excluding carboxylic acids is 2. The Kier molecular flexibility index (Phi) is 39.5. The fourth-order valence-corrected chi connectivity index (χ4v) is 6.70. The summed E-state index contributed by atoms with van der Waals surface area (Å²) in [5.74, 6) is -0.845. The van der Waals surface area contributed by atoms with Gasteiger partial charge < -0.3 is 20.1 Å². The predicted molar refractivity (Wildman–Crippen MR) is 224 cm³/mol. The third kappa shape index (κ3) is 39.9. The molecule has 0 aliphatic carbocycles. The molecule has 0 aromatic carbocycles. The first-order valence-corrected chi connectivity index (χ1v) is 23.5. The Morgan fingerprint density at radius 1 is 0.556 bits per heavy atom. The van der Waals surface area contributed by atoms with Crippen LogP contribution in [0.4, 0.5) is 0 Å². The standard InChI is InChI=1S/C44H82NO8P/c1-3-5-7-9-11-13-15-17-19-20-21-22-23-25-27-29-31-33-35-37-44(47)53-42(41-52-54(48,49)51-39-38-45)40-50-43(46)36-34-32-30-28-26-24-18-16-14-12-10-8-6-4-2/h10,12,16-19,42H,3-9,11,13-15,20-41,45H2,1-2H3,(H,48,49)/b12-10+,18-16+,19-17+/t42-/m1/s1. The predicted octanol–water partition coefficient (Wildman–Crippen LogP) is 12.6. The Morgan fingerprint density at radius 3 is 1.48 bits per heavy atom. The topological polar surface area (TPSA) is 134 Å². The molecule has 0 aromatic heterocycles. The lowest BCUT2D eigenvalue weighted by atomic mass is 10.1. The normalized spacial score (nSPS) is 13.6. The molecule has 0 aliphatic rings. The van der Waals surface area contributed by atoms with Crippen LogP contribution in [0.2, 0.25) is 0 Å². The second-order valence-corrected chi connectivity index (χ2v) is 16.0. The Hall–Kier alpha value is -1.77. The zero-order valence-corrected chi connectivity index (χ0v) is 35.6. The zero-order valence-electron chi connectivity index (χ0n) is 34.7. The molecular weight excluding hydrogens is 701 g/mol.